The summed E-state index contributed by atoms with van der Waals surface area (Å²) >= 11 is 1.28. The van der Waals surface area contributed by atoms with Gasteiger partial charge < -0.3 is 10.4 Å². The Labute approximate surface area is 152 Å². The summed E-state index contributed by atoms with van der Waals surface area (Å²) < 4.78 is 20.4. The van der Waals surface area contributed by atoms with E-state index in [1.54, 1.807) is 18.2 Å². The summed E-state index contributed by atoms with van der Waals surface area (Å²) in [5.74, 6) is 7.16. The molecule has 2 heterocycles. The number of nitrogen functional groups attached to an aromatic ring is 1. The van der Waals surface area contributed by atoms with Gasteiger partial charge in [-0.3, -0.25) is 0 Å². The van der Waals surface area contributed by atoms with Crippen molar-refractivity contribution in [2.24, 2.45) is 0 Å². The highest BCUT2D eigenvalue weighted by Crippen LogP contribution is 2.26. The lowest BCUT2D eigenvalue weighted by Crippen LogP contribution is -2.12. The molecule has 0 amide bonds. The summed E-state index contributed by atoms with van der Waals surface area (Å²) in [6, 6.07) is 15.8. The predicted octanol–water partition coefficient (Wildman–Crippen LogP) is 3.14. The first-order valence-electron chi connectivity index (χ1n) is 7.68. The normalized spacial score (nSPS) is 11.0. The average molecular weight is 368 g/mol. The molecular weight excluding hydrogens is 355 g/mol. The maximum absolute atomic E-state index is 13.9. The van der Waals surface area contributed by atoms with Crippen molar-refractivity contribution in [2.75, 3.05) is 5.84 Å². The van der Waals surface area contributed by atoms with Gasteiger partial charge in [0, 0.05) is 5.56 Å². The third-order valence-corrected chi connectivity index (χ3v) is 4.53. The van der Waals surface area contributed by atoms with Gasteiger partial charge in [-0.15, -0.1) is 10.2 Å². The van der Waals surface area contributed by atoms with Crippen LogP contribution in [0.2, 0.25) is 0 Å². The molecule has 0 fully saturated rings. The highest BCUT2D eigenvalue weighted by Gasteiger charge is 2.16. The molecule has 2 N–H and O–H groups in total. The molecule has 0 bridgehead atoms. The van der Waals surface area contributed by atoms with E-state index in [0.717, 1.165) is 5.56 Å². The Morgan fingerprint density at radius 1 is 1.04 bits per heavy atom. The van der Waals surface area contributed by atoms with Crippen LogP contribution in [-0.2, 0) is 5.75 Å². The number of nitrogens with two attached hydrogens (primary N) is 1. The molecule has 0 spiro atoms. The second kappa shape index (κ2) is 6.96. The fourth-order valence-electron chi connectivity index (χ4n) is 2.35. The van der Waals surface area contributed by atoms with Gasteiger partial charge >= 0.3 is 0 Å². The molecule has 130 valence electrons. The van der Waals surface area contributed by atoms with Gasteiger partial charge in [0.2, 0.25) is 16.9 Å². The molecule has 0 aliphatic carbocycles. The van der Waals surface area contributed by atoms with E-state index >= 15 is 0 Å². The Morgan fingerprint density at radius 3 is 2.62 bits per heavy atom. The molecule has 4 aromatic rings. The second-order valence-electron chi connectivity index (χ2n) is 5.32. The van der Waals surface area contributed by atoms with Gasteiger partial charge in [-0.2, -0.15) is 4.98 Å². The van der Waals surface area contributed by atoms with Crippen molar-refractivity contribution < 1.29 is 8.91 Å². The van der Waals surface area contributed by atoms with Crippen LogP contribution in [0.15, 0.2) is 64.3 Å². The number of rotatable bonds is 5. The van der Waals surface area contributed by atoms with Crippen LogP contribution < -0.4 is 5.84 Å². The summed E-state index contributed by atoms with van der Waals surface area (Å²) in [5.41, 5.74) is 1.16. The van der Waals surface area contributed by atoms with E-state index in [2.05, 4.69) is 20.3 Å². The Balaban J connectivity index is 1.50. The Kier molecular flexibility index (Phi) is 4.36. The molecule has 0 atom stereocenters. The summed E-state index contributed by atoms with van der Waals surface area (Å²) in [5, 5.41) is 12.4. The van der Waals surface area contributed by atoms with Crippen LogP contribution in [0, 0.1) is 5.82 Å². The molecule has 2 aromatic carbocycles. The van der Waals surface area contributed by atoms with Crippen molar-refractivity contribution in [1.82, 2.24) is 25.0 Å². The van der Waals surface area contributed by atoms with E-state index in [4.69, 9.17) is 10.4 Å². The van der Waals surface area contributed by atoms with Crippen LogP contribution in [0.1, 0.15) is 5.89 Å². The van der Waals surface area contributed by atoms with Crippen molar-refractivity contribution in [3.63, 3.8) is 0 Å². The number of thioether (sulfide) groups is 1. The van der Waals surface area contributed by atoms with Crippen LogP contribution >= 0.6 is 11.8 Å². The third kappa shape index (κ3) is 3.16. The molecule has 0 saturated heterocycles. The topological polar surface area (TPSA) is 95.7 Å². The highest BCUT2D eigenvalue weighted by molar-refractivity contribution is 7.98. The number of nitrogens with zero attached hydrogens (tertiary/aromatic N) is 5. The van der Waals surface area contributed by atoms with Crippen LogP contribution in [0.5, 0.6) is 0 Å². The Bertz CT molecular complexity index is 1030. The minimum Gasteiger partial charge on any atom is -0.338 e. The summed E-state index contributed by atoms with van der Waals surface area (Å²) in [4.78, 5) is 4.35. The SMILES string of the molecule is Nn1c(SCc2nc(-c3ccccc3)no2)nnc1-c1ccccc1F. The van der Waals surface area contributed by atoms with Crippen LogP contribution in [0.25, 0.3) is 22.8 Å². The maximum Gasteiger partial charge on any atom is 0.237 e. The van der Waals surface area contributed by atoms with Gasteiger partial charge in [0.15, 0.2) is 5.82 Å². The van der Waals surface area contributed by atoms with E-state index in [0.29, 0.717) is 28.2 Å². The van der Waals surface area contributed by atoms with E-state index in [9.17, 15) is 4.39 Å². The van der Waals surface area contributed by atoms with Gasteiger partial charge in [0.05, 0.1) is 11.3 Å². The monoisotopic (exact) mass is 368 g/mol. The molecule has 4 rings (SSSR count). The zero-order chi connectivity index (χ0) is 17.9. The number of hydrogen-bond donors (Lipinski definition) is 1. The standard InChI is InChI=1S/C17H13FN6OS/c18-13-9-5-4-8-12(13)16-21-22-17(24(16)19)26-10-14-20-15(23-25-14)11-6-2-1-3-7-11/h1-9H,10,19H2. The number of aromatic nitrogens is 5. The molecule has 0 unspecified atom stereocenters. The van der Waals surface area contributed by atoms with Crippen molar-refractivity contribution in [3.8, 4) is 22.8 Å². The lowest BCUT2D eigenvalue weighted by molar-refractivity contribution is 0.391. The molecule has 0 saturated carbocycles. The third-order valence-electron chi connectivity index (χ3n) is 3.60. The molecule has 9 heteroatoms. The summed E-state index contributed by atoms with van der Waals surface area (Å²) in [6.07, 6.45) is 0. The summed E-state index contributed by atoms with van der Waals surface area (Å²) in [6.45, 7) is 0. The molecule has 7 nitrogen and oxygen atoms in total. The van der Waals surface area contributed by atoms with Gasteiger partial charge in [0.25, 0.3) is 0 Å². The zero-order valence-corrected chi connectivity index (χ0v) is 14.2. The predicted molar refractivity (Wildman–Crippen MR) is 94.9 cm³/mol. The molecule has 0 aliphatic rings. The fourth-order valence-corrected chi connectivity index (χ4v) is 3.04. The fraction of sp³-hybridized carbons (Fsp3) is 0.0588. The lowest BCUT2D eigenvalue weighted by Gasteiger charge is -2.03. The number of benzene rings is 2. The van der Waals surface area contributed by atoms with E-state index in [-0.39, 0.29) is 5.82 Å². The van der Waals surface area contributed by atoms with Gasteiger partial charge in [-0.05, 0) is 12.1 Å². The number of hydrogen-bond acceptors (Lipinski definition) is 7. The maximum atomic E-state index is 13.9. The molecule has 0 aliphatic heterocycles. The first-order chi connectivity index (χ1) is 12.7. The number of halogens is 1. The van der Waals surface area contributed by atoms with Crippen LogP contribution in [0.4, 0.5) is 4.39 Å². The highest BCUT2D eigenvalue weighted by atomic mass is 32.2. The van der Waals surface area contributed by atoms with E-state index in [1.165, 1.54) is 22.5 Å². The van der Waals surface area contributed by atoms with Crippen LogP contribution in [-0.4, -0.2) is 25.0 Å². The molecule has 26 heavy (non-hydrogen) atoms. The minimum absolute atomic E-state index is 0.251. The quantitative estimate of drug-likeness (QED) is 0.427. The van der Waals surface area contributed by atoms with E-state index in [1.807, 2.05) is 30.3 Å². The first kappa shape index (κ1) is 16.3. The zero-order valence-electron chi connectivity index (χ0n) is 13.4. The van der Waals surface area contributed by atoms with Gasteiger partial charge in [-0.1, -0.05) is 59.4 Å². The first-order valence-corrected chi connectivity index (χ1v) is 8.67. The molecular formula is C17H13FN6OS. The van der Waals surface area contributed by atoms with Crippen molar-refractivity contribution >= 4 is 11.8 Å². The molecule has 2 aromatic heterocycles. The second-order valence-corrected chi connectivity index (χ2v) is 6.26. The Morgan fingerprint density at radius 2 is 1.81 bits per heavy atom. The smallest absolute Gasteiger partial charge is 0.237 e. The average Bonchev–Trinajstić information content (AvgIpc) is 3.28. The van der Waals surface area contributed by atoms with Crippen molar-refractivity contribution in [2.45, 2.75) is 10.9 Å². The Hall–Kier alpha value is -3.20. The summed E-state index contributed by atoms with van der Waals surface area (Å²) in [7, 11) is 0. The van der Waals surface area contributed by atoms with E-state index < -0.39 is 5.82 Å². The van der Waals surface area contributed by atoms with Crippen molar-refractivity contribution in [3.05, 3.63) is 66.3 Å². The van der Waals surface area contributed by atoms with Gasteiger partial charge in [-0.25, -0.2) is 9.07 Å². The van der Waals surface area contributed by atoms with Gasteiger partial charge in [0.1, 0.15) is 5.82 Å². The largest absolute Gasteiger partial charge is 0.338 e. The minimum atomic E-state index is -0.410. The van der Waals surface area contributed by atoms with Crippen LogP contribution in [0.3, 0.4) is 0 Å². The van der Waals surface area contributed by atoms with Crippen molar-refractivity contribution in [1.29, 1.82) is 0 Å². The molecule has 0 radical (unpaired) electrons. The lowest BCUT2D eigenvalue weighted by atomic mass is 10.2.